The quantitative estimate of drug-likeness (QED) is 0.737. The molecule has 78 valence electrons. The van der Waals surface area contributed by atoms with Crippen LogP contribution in [0.5, 0.6) is 5.75 Å². The Balaban J connectivity index is 2.20. The number of hydrogen-bond donors (Lipinski definition) is 1. The fourth-order valence-corrected chi connectivity index (χ4v) is 1.55. The van der Waals surface area contributed by atoms with Gasteiger partial charge in [-0.15, -0.1) is 0 Å². The standard InChI is InChI=1S/C11H12N2O2/c12-6-9-10(13)2-1-3-11(9)15-8-4-5-14-7-8/h1-3,8H,4-5,7,13H2. The molecule has 1 fully saturated rings. The summed E-state index contributed by atoms with van der Waals surface area (Å²) in [6.45, 7) is 1.30. The maximum absolute atomic E-state index is 8.93. The summed E-state index contributed by atoms with van der Waals surface area (Å²) in [5.74, 6) is 0.549. The first-order chi connectivity index (χ1) is 7.31. The lowest BCUT2D eigenvalue weighted by molar-refractivity contribution is 0.141. The predicted molar refractivity (Wildman–Crippen MR) is 55.4 cm³/mol. The molecule has 4 nitrogen and oxygen atoms in total. The second kappa shape index (κ2) is 4.20. The van der Waals surface area contributed by atoms with Gasteiger partial charge in [0.25, 0.3) is 0 Å². The molecule has 15 heavy (non-hydrogen) atoms. The Kier molecular flexibility index (Phi) is 2.75. The lowest BCUT2D eigenvalue weighted by Gasteiger charge is -2.13. The number of nitrogen functional groups attached to an aromatic ring is 1. The number of nitriles is 1. The van der Waals surface area contributed by atoms with Gasteiger partial charge in [-0.3, -0.25) is 0 Å². The van der Waals surface area contributed by atoms with Gasteiger partial charge < -0.3 is 15.2 Å². The monoisotopic (exact) mass is 204 g/mol. The molecule has 1 heterocycles. The van der Waals surface area contributed by atoms with E-state index in [4.69, 9.17) is 20.5 Å². The van der Waals surface area contributed by atoms with Gasteiger partial charge >= 0.3 is 0 Å². The van der Waals surface area contributed by atoms with E-state index in [1.165, 1.54) is 0 Å². The first kappa shape index (κ1) is 9.81. The molecule has 0 amide bonds. The van der Waals surface area contributed by atoms with Crippen molar-refractivity contribution in [3.05, 3.63) is 23.8 Å². The zero-order valence-corrected chi connectivity index (χ0v) is 8.27. The highest BCUT2D eigenvalue weighted by Crippen LogP contribution is 2.25. The second-order valence-corrected chi connectivity index (χ2v) is 3.44. The Morgan fingerprint density at radius 3 is 3.07 bits per heavy atom. The molecule has 1 aromatic carbocycles. The summed E-state index contributed by atoms with van der Waals surface area (Å²) in [4.78, 5) is 0. The first-order valence-corrected chi connectivity index (χ1v) is 4.84. The van der Waals surface area contributed by atoms with Crippen LogP contribution in [0, 0.1) is 11.3 Å². The van der Waals surface area contributed by atoms with Gasteiger partial charge in [0.2, 0.25) is 0 Å². The van der Waals surface area contributed by atoms with E-state index in [1.54, 1.807) is 18.2 Å². The smallest absolute Gasteiger partial charge is 0.139 e. The van der Waals surface area contributed by atoms with Gasteiger partial charge in [-0.2, -0.15) is 5.26 Å². The number of rotatable bonds is 2. The van der Waals surface area contributed by atoms with Crippen molar-refractivity contribution >= 4 is 5.69 Å². The van der Waals surface area contributed by atoms with Crippen LogP contribution in [0.25, 0.3) is 0 Å². The summed E-state index contributed by atoms with van der Waals surface area (Å²) in [5.41, 5.74) is 6.53. The Labute approximate surface area is 88.2 Å². The van der Waals surface area contributed by atoms with Crippen molar-refractivity contribution in [3.8, 4) is 11.8 Å². The molecule has 2 N–H and O–H groups in total. The van der Waals surface area contributed by atoms with Crippen LogP contribution in [-0.2, 0) is 4.74 Å². The fraction of sp³-hybridized carbons (Fsp3) is 0.364. The van der Waals surface area contributed by atoms with E-state index in [1.807, 2.05) is 6.07 Å². The van der Waals surface area contributed by atoms with Crippen LogP contribution in [0.1, 0.15) is 12.0 Å². The number of hydrogen-bond acceptors (Lipinski definition) is 4. The summed E-state index contributed by atoms with van der Waals surface area (Å²) in [6, 6.07) is 7.27. The molecular weight excluding hydrogens is 192 g/mol. The van der Waals surface area contributed by atoms with Gasteiger partial charge in [-0.25, -0.2) is 0 Å². The molecular formula is C11H12N2O2. The summed E-state index contributed by atoms with van der Waals surface area (Å²) in [7, 11) is 0. The highest BCUT2D eigenvalue weighted by molar-refractivity contribution is 5.60. The molecule has 2 rings (SSSR count). The van der Waals surface area contributed by atoms with Gasteiger partial charge in [-0.1, -0.05) is 6.07 Å². The van der Waals surface area contributed by atoms with Crippen LogP contribution in [0.2, 0.25) is 0 Å². The van der Waals surface area contributed by atoms with Gasteiger partial charge in [-0.05, 0) is 12.1 Å². The Bertz CT molecular complexity index is 392. The second-order valence-electron chi connectivity index (χ2n) is 3.44. The maximum Gasteiger partial charge on any atom is 0.139 e. The lowest BCUT2D eigenvalue weighted by atomic mass is 10.2. The van der Waals surface area contributed by atoms with Crippen molar-refractivity contribution in [1.29, 1.82) is 5.26 Å². The van der Waals surface area contributed by atoms with Crippen LogP contribution in [0.3, 0.4) is 0 Å². The normalized spacial score (nSPS) is 19.8. The average Bonchev–Trinajstić information content (AvgIpc) is 2.71. The molecule has 1 atom stereocenters. The molecule has 1 unspecified atom stereocenters. The number of nitrogens with zero attached hydrogens (tertiary/aromatic N) is 1. The Hall–Kier alpha value is -1.73. The van der Waals surface area contributed by atoms with E-state index in [9.17, 15) is 0 Å². The highest BCUT2D eigenvalue weighted by atomic mass is 16.5. The van der Waals surface area contributed by atoms with Crippen LogP contribution >= 0.6 is 0 Å². The van der Waals surface area contributed by atoms with Crippen LogP contribution in [0.15, 0.2) is 18.2 Å². The molecule has 1 aliphatic heterocycles. The molecule has 1 aromatic rings. The lowest BCUT2D eigenvalue weighted by Crippen LogP contribution is -2.16. The minimum Gasteiger partial charge on any atom is -0.486 e. The van der Waals surface area contributed by atoms with Crippen molar-refractivity contribution in [3.63, 3.8) is 0 Å². The van der Waals surface area contributed by atoms with Crippen molar-refractivity contribution in [2.45, 2.75) is 12.5 Å². The maximum atomic E-state index is 8.93. The Morgan fingerprint density at radius 2 is 2.40 bits per heavy atom. The fourth-order valence-electron chi connectivity index (χ4n) is 1.55. The largest absolute Gasteiger partial charge is 0.486 e. The third kappa shape index (κ3) is 2.03. The summed E-state index contributed by atoms with van der Waals surface area (Å²) in [5, 5.41) is 8.93. The molecule has 0 saturated carbocycles. The zero-order chi connectivity index (χ0) is 10.7. The third-order valence-electron chi connectivity index (χ3n) is 2.35. The SMILES string of the molecule is N#Cc1c(N)cccc1OC1CCOC1. The van der Waals surface area contributed by atoms with Crippen LogP contribution in [-0.4, -0.2) is 19.3 Å². The third-order valence-corrected chi connectivity index (χ3v) is 2.35. The number of benzene rings is 1. The van der Waals surface area contributed by atoms with Crippen LogP contribution < -0.4 is 10.5 Å². The minimum absolute atomic E-state index is 0.0406. The van der Waals surface area contributed by atoms with E-state index < -0.39 is 0 Å². The van der Waals surface area contributed by atoms with Gasteiger partial charge in [0.1, 0.15) is 23.5 Å². The van der Waals surface area contributed by atoms with E-state index in [0.717, 1.165) is 13.0 Å². The van der Waals surface area contributed by atoms with E-state index in [-0.39, 0.29) is 6.10 Å². The van der Waals surface area contributed by atoms with Crippen molar-refractivity contribution in [2.75, 3.05) is 18.9 Å². The highest BCUT2D eigenvalue weighted by Gasteiger charge is 2.19. The molecule has 4 heteroatoms. The average molecular weight is 204 g/mol. The molecule has 0 aromatic heterocycles. The van der Waals surface area contributed by atoms with Crippen molar-refractivity contribution in [2.24, 2.45) is 0 Å². The van der Waals surface area contributed by atoms with Gasteiger partial charge in [0.15, 0.2) is 0 Å². The summed E-state index contributed by atoms with van der Waals surface area (Å²) < 4.78 is 10.8. The zero-order valence-electron chi connectivity index (χ0n) is 8.27. The summed E-state index contributed by atoms with van der Waals surface area (Å²) in [6.07, 6.45) is 0.901. The predicted octanol–water partition coefficient (Wildman–Crippen LogP) is 1.31. The molecule has 0 spiro atoms. The topological polar surface area (TPSA) is 68.3 Å². The van der Waals surface area contributed by atoms with Gasteiger partial charge in [0, 0.05) is 6.42 Å². The number of ether oxygens (including phenoxy) is 2. The van der Waals surface area contributed by atoms with E-state index in [2.05, 4.69) is 0 Å². The minimum atomic E-state index is 0.0406. The van der Waals surface area contributed by atoms with Crippen LogP contribution in [0.4, 0.5) is 5.69 Å². The van der Waals surface area contributed by atoms with Crippen molar-refractivity contribution in [1.82, 2.24) is 0 Å². The van der Waals surface area contributed by atoms with E-state index >= 15 is 0 Å². The van der Waals surface area contributed by atoms with Crippen molar-refractivity contribution < 1.29 is 9.47 Å². The summed E-state index contributed by atoms with van der Waals surface area (Å²) >= 11 is 0. The molecule has 1 aliphatic rings. The molecule has 0 bridgehead atoms. The molecule has 1 saturated heterocycles. The molecule has 0 radical (unpaired) electrons. The first-order valence-electron chi connectivity index (χ1n) is 4.84. The Morgan fingerprint density at radius 1 is 1.53 bits per heavy atom. The van der Waals surface area contributed by atoms with E-state index in [0.29, 0.717) is 23.6 Å². The van der Waals surface area contributed by atoms with Gasteiger partial charge in [0.05, 0.1) is 18.9 Å². The number of nitrogens with two attached hydrogens (primary N) is 1. The number of anilines is 1. The molecule has 0 aliphatic carbocycles.